The topological polar surface area (TPSA) is 71.2 Å². The smallest absolute Gasteiger partial charge is 0.240 e. The lowest BCUT2D eigenvalue weighted by Gasteiger charge is -2.08. The van der Waals surface area contributed by atoms with E-state index in [-0.39, 0.29) is 4.90 Å². The number of para-hydroxylation sites is 1. The maximum Gasteiger partial charge on any atom is 0.240 e. The number of benzene rings is 2. The van der Waals surface area contributed by atoms with E-state index in [2.05, 4.69) is 16.6 Å². The summed E-state index contributed by atoms with van der Waals surface area (Å²) >= 11 is 0. The largest absolute Gasteiger partial charge is 0.494 e. The first kappa shape index (κ1) is 18.5. The van der Waals surface area contributed by atoms with Crippen molar-refractivity contribution in [1.29, 1.82) is 0 Å². The van der Waals surface area contributed by atoms with Gasteiger partial charge in [-0.2, -0.15) is 0 Å². The number of nitrogens with one attached hydrogen (secondary N) is 2. The minimum atomic E-state index is -3.52. The van der Waals surface area contributed by atoms with Crippen molar-refractivity contribution in [3.8, 4) is 5.75 Å². The fourth-order valence-corrected chi connectivity index (χ4v) is 3.75. The molecule has 0 aliphatic heterocycles. The van der Waals surface area contributed by atoms with Crippen molar-refractivity contribution in [3.63, 3.8) is 0 Å². The molecule has 0 unspecified atom stereocenters. The van der Waals surface area contributed by atoms with Gasteiger partial charge in [-0.15, -0.1) is 0 Å². The van der Waals surface area contributed by atoms with E-state index in [1.54, 1.807) is 24.3 Å². The second-order valence-corrected chi connectivity index (χ2v) is 7.97. The zero-order chi connectivity index (χ0) is 18.4. The fourth-order valence-electron chi connectivity index (χ4n) is 2.72. The molecule has 0 bridgehead atoms. The van der Waals surface area contributed by atoms with Crippen LogP contribution in [0.1, 0.15) is 25.5 Å². The second kappa shape index (κ2) is 8.38. The van der Waals surface area contributed by atoms with Crippen LogP contribution in [0.25, 0.3) is 10.9 Å². The average molecular weight is 372 g/mol. The molecule has 26 heavy (non-hydrogen) atoms. The number of rotatable bonds is 9. The van der Waals surface area contributed by atoms with Crippen molar-refractivity contribution in [2.45, 2.75) is 31.1 Å². The minimum absolute atomic E-state index is 0.247. The summed E-state index contributed by atoms with van der Waals surface area (Å²) in [5.74, 6) is 0.690. The van der Waals surface area contributed by atoms with Crippen molar-refractivity contribution in [3.05, 3.63) is 60.3 Å². The predicted octanol–water partition coefficient (Wildman–Crippen LogP) is 3.87. The number of H-pyrrole nitrogens is 1. The van der Waals surface area contributed by atoms with Gasteiger partial charge in [0, 0.05) is 24.2 Å². The lowest BCUT2D eigenvalue weighted by molar-refractivity contribution is 0.309. The highest BCUT2D eigenvalue weighted by Crippen LogP contribution is 2.17. The molecule has 5 nitrogen and oxygen atoms in total. The molecule has 0 saturated carbocycles. The lowest BCUT2D eigenvalue weighted by Crippen LogP contribution is -2.26. The Morgan fingerprint density at radius 2 is 1.85 bits per heavy atom. The molecule has 0 amide bonds. The average Bonchev–Trinajstić information content (AvgIpc) is 3.05. The molecule has 0 saturated heterocycles. The molecule has 0 atom stereocenters. The number of hydrogen-bond donors (Lipinski definition) is 2. The molecular formula is C20H24N2O3S. The van der Waals surface area contributed by atoms with Gasteiger partial charge in [0.2, 0.25) is 10.0 Å². The van der Waals surface area contributed by atoms with Crippen LogP contribution in [0.4, 0.5) is 0 Å². The van der Waals surface area contributed by atoms with Gasteiger partial charge in [0.15, 0.2) is 0 Å². The third-order valence-corrected chi connectivity index (χ3v) is 5.65. The Hall–Kier alpha value is -2.31. The summed E-state index contributed by atoms with van der Waals surface area (Å²) in [7, 11) is -3.52. The summed E-state index contributed by atoms with van der Waals surface area (Å²) in [6.45, 7) is 3.08. The molecule has 0 spiro atoms. The summed E-state index contributed by atoms with van der Waals surface area (Å²) < 4.78 is 33.0. The van der Waals surface area contributed by atoms with Gasteiger partial charge in [0.1, 0.15) is 5.75 Å². The molecule has 0 radical (unpaired) electrons. The van der Waals surface area contributed by atoms with Gasteiger partial charge < -0.3 is 9.72 Å². The monoisotopic (exact) mass is 372 g/mol. The summed E-state index contributed by atoms with van der Waals surface area (Å²) in [4.78, 5) is 3.55. The standard InChI is InChI=1S/C20H24N2O3S/c1-2-3-14-25-18-8-10-19(11-9-18)26(23,24)21-13-12-17-15-16-6-4-5-7-20(16)22-17/h4-11,15,21-22H,2-3,12-14H2,1H3. The number of unbranched alkanes of at least 4 members (excludes halogenated alkanes) is 1. The Bertz CT molecular complexity index is 914. The Morgan fingerprint density at radius 3 is 2.58 bits per heavy atom. The quantitative estimate of drug-likeness (QED) is 0.560. The van der Waals surface area contributed by atoms with Crippen molar-refractivity contribution in [2.75, 3.05) is 13.2 Å². The van der Waals surface area contributed by atoms with Gasteiger partial charge in [0.25, 0.3) is 0 Å². The van der Waals surface area contributed by atoms with Crippen LogP contribution in [-0.2, 0) is 16.4 Å². The molecule has 1 heterocycles. The number of hydrogen-bond acceptors (Lipinski definition) is 3. The maximum absolute atomic E-state index is 12.4. The molecule has 1 aromatic heterocycles. The normalized spacial score (nSPS) is 11.7. The Kier molecular flexibility index (Phi) is 5.96. The van der Waals surface area contributed by atoms with E-state index in [1.807, 2.05) is 30.3 Å². The molecule has 0 aliphatic carbocycles. The molecule has 138 valence electrons. The summed E-state index contributed by atoms with van der Waals surface area (Å²) in [6, 6.07) is 16.6. The zero-order valence-corrected chi connectivity index (χ0v) is 15.7. The molecule has 3 rings (SSSR count). The van der Waals surface area contributed by atoms with Gasteiger partial charge in [-0.1, -0.05) is 31.5 Å². The highest BCUT2D eigenvalue weighted by Gasteiger charge is 2.13. The maximum atomic E-state index is 12.4. The first-order chi connectivity index (χ1) is 12.6. The molecule has 2 N–H and O–H groups in total. The first-order valence-corrected chi connectivity index (χ1v) is 10.4. The van der Waals surface area contributed by atoms with E-state index < -0.39 is 10.0 Å². The van der Waals surface area contributed by atoms with E-state index in [4.69, 9.17) is 4.74 Å². The molecule has 6 heteroatoms. The fraction of sp³-hybridized carbons (Fsp3) is 0.300. The lowest BCUT2D eigenvalue weighted by atomic mass is 10.2. The van der Waals surface area contributed by atoms with E-state index in [1.165, 1.54) is 0 Å². The summed E-state index contributed by atoms with van der Waals surface area (Å²) in [6.07, 6.45) is 2.65. The van der Waals surface area contributed by atoms with Crippen molar-refractivity contribution in [2.24, 2.45) is 0 Å². The van der Waals surface area contributed by atoms with E-state index in [9.17, 15) is 8.42 Å². The molecule has 3 aromatic rings. The van der Waals surface area contributed by atoms with Gasteiger partial charge in [-0.3, -0.25) is 0 Å². The van der Waals surface area contributed by atoms with Crippen LogP contribution < -0.4 is 9.46 Å². The van der Waals surface area contributed by atoms with Crippen LogP contribution in [0.5, 0.6) is 5.75 Å². The van der Waals surface area contributed by atoms with Crippen molar-refractivity contribution >= 4 is 20.9 Å². The SMILES string of the molecule is CCCCOc1ccc(S(=O)(=O)NCCc2cc3ccccc3[nH]2)cc1. The van der Waals surface area contributed by atoms with Crippen LogP contribution in [0.2, 0.25) is 0 Å². The number of sulfonamides is 1. The third kappa shape index (κ3) is 4.65. The van der Waals surface area contributed by atoms with Gasteiger partial charge in [0.05, 0.1) is 11.5 Å². The Morgan fingerprint density at radius 1 is 1.08 bits per heavy atom. The van der Waals surface area contributed by atoms with Crippen LogP contribution in [-0.4, -0.2) is 26.6 Å². The third-order valence-electron chi connectivity index (χ3n) is 4.17. The van der Waals surface area contributed by atoms with Crippen LogP contribution >= 0.6 is 0 Å². The number of ether oxygens (including phenoxy) is 1. The van der Waals surface area contributed by atoms with Crippen molar-refractivity contribution in [1.82, 2.24) is 9.71 Å². The van der Waals surface area contributed by atoms with E-state index in [0.717, 1.165) is 29.4 Å². The van der Waals surface area contributed by atoms with Crippen LogP contribution in [0, 0.1) is 0 Å². The summed E-state index contributed by atoms with van der Waals surface area (Å²) in [5, 5.41) is 1.13. The van der Waals surface area contributed by atoms with Gasteiger partial charge in [-0.05, 0) is 48.2 Å². The highest BCUT2D eigenvalue weighted by atomic mass is 32.2. The zero-order valence-electron chi connectivity index (χ0n) is 14.9. The summed E-state index contributed by atoms with van der Waals surface area (Å²) in [5.41, 5.74) is 2.07. The van der Waals surface area contributed by atoms with Crippen LogP contribution in [0.15, 0.2) is 59.5 Å². The highest BCUT2D eigenvalue weighted by molar-refractivity contribution is 7.89. The van der Waals surface area contributed by atoms with E-state index >= 15 is 0 Å². The number of aromatic nitrogens is 1. The molecule has 0 fully saturated rings. The molecule has 2 aromatic carbocycles. The second-order valence-electron chi connectivity index (χ2n) is 6.20. The Balaban J connectivity index is 1.56. The number of fused-ring (bicyclic) bond motifs is 1. The van der Waals surface area contributed by atoms with Gasteiger partial charge in [-0.25, -0.2) is 13.1 Å². The van der Waals surface area contributed by atoms with E-state index in [0.29, 0.717) is 25.3 Å². The van der Waals surface area contributed by atoms with Crippen molar-refractivity contribution < 1.29 is 13.2 Å². The molecule has 0 aliphatic rings. The molecular weight excluding hydrogens is 348 g/mol. The predicted molar refractivity (Wildman–Crippen MR) is 104 cm³/mol. The van der Waals surface area contributed by atoms with Crippen LogP contribution in [0.3, 0.4) is 0 Å². The van der Waals surface area contributed by atoms with Gasteiger partial charge >= 0.3 is 0 Å². The first-order valence-electron chi connectivity index (χ1n) is 8.87. The Labute approximate surface area is 154 Å². The minimum Gasteiger partial charge on any atom is -0.494 e. The number of aromatic amines is 1.